The first kappa shape index (κ1) is 11.7. The summed E-state index contributed by atoms with van der Waals surface area (Å²) in [6.07, 6.45) is 0. The predicted molar refractivity (Wildman–Crippen MR) is 70.5 cm³/mol. The highest BCUT2D eigenvalue weighted by Crippen LogP contribution is 2.15. The van der Waals surface area contributed by atoms with Crippen LogP contribution in [0.3, 0.4) is 0 Å². The van der Waals surface area contributed by atoms with Crippen LogP contribution in [0.4, 0.5) is 0 Å². The molecule has 0 aliphatic rings. The van der Waals surface area contributed by atoms with Gasteiger partial charge < -0.3 is 4.74 Å². The molecule has 2 nitrogen and oxygen atoms in total. The zero-order valence-corrected chi connectivity index (χ0v) is 10.1. The van der Waals surface area contributed by atoms with E-state index in [1.54, 1.807) is 36.4 Å². The summed E-state index contributed by atoms with van der Waals surface area (Å²) in [6.45, 7) is 0. The first-order valence-electron chi connectivity index (χ1n) is 5.26. The van der Waals surface area contributed by atoms with Gasteiger partial charge in [0.25, 0.3) is 0 Å². The molecule has 0 N–H and O–H groups in total. The Hall–Kier alpha value is -1.74. The van der Waals surface area contributed by atoms with Crippen molar-refractivity contribution in [3.05, 3.63) is 65.7 Å². The lowest BCUT2D eigenvalue weighted by atomic mass is 10.2. The zero-order valence-electron chi connectivity index (χ0n) is 9.17. The van der Waals surface area contributed by atoms with E-state index in [9.17, 15) is 4.79 Å². The van der Waals surface area contributed by atoms with Crippen LogP contribution in [-0.4, -0.2) is 5.97 Å². The number of thiol groups is 1. The third-order valence-electron chi connectivity index (χ3n) is 2.33. The van der Waals surface area contributed by atoms with Crippen molar-refractivity contribution < 1.29 is 9.53 Å². The summed E-state index contributed by atoms with van der Waals surface area (Å²) >= 11 is 4.16. The van der Waals surface area contributed by atoms with E-state index in [2.05, 4.69) is 12.6 Å². The average molecular weight is 244 g/mol. The predicted octanol–water partition coefficient (Wildman–Crippen LogP) is 3.34. The van der Waals surface area contributed by atoms with Gasteiger partial charge >= 0.3 is 5.97 Å². The minimum Gasteiger partial charge on any atom is -0.423 e. The molecule has 2 aromatic rings. The van der Waals surface area contributed by atoms with Crippen LogP contribution in [0.2, 0.25) is 0 Å². The maximum Gasteiger partial charge on any atom is 0.343 e. The molecule has 17 heavy (non-hydrogen) atoms. The van der Waals surface area contributed by atoms with Crippen LogP contribution in [-0.2, 0) is 5.75 Å². The summed E-state index contributed by atoms with van der Waals surface area (Å²) in [5.74, 6) is 0.876. The number of esters is 1. The Labute approximate surface area is 106 Å². The van der Waals surface area contributed by atoms with Gasteiger partial charge in [-0.15, -0.1) is 0 Å². The average Bonchev–Trinajstić information content (AvgIpc) is 2.40. The van der Waals surface area contributed by atoms with Crippen LogP contribution in [0.15, 0.2) is 54.6 Å². The molecule has 0 radical (unpaired) electrons. The fourth-order valence-corrected chi connectivity index (χ4v) is 1.61. The Morgan fingerprint density at radius 1 is 1.00 bits per heavy atom. The van der Waals surface area contributed by atoms with Crippen LogP contribution in [0.1, 0.15) is 15.9 Å². The summed E-state index contributed by atoms with van der Waals surface area (Å²) in [6, 6.07) is 16.2. The van der Waals surface area contributed by atoms with E-state index in [-0.39, 0.29) is 5.97 Å². The van der Waals surface area contributed by atoms with Gasteiger partial charge in [0.2, 0.25) is 0 Å². The summed E-state index contributed by atoms with van der Waals surface area (Å²) in [5, 5.41) is 0. The lowest BCUT2D eigenvalue weighted by Crippen LogP contribution is -2.07. The number of ether oxygens (including phenoxy) is 1. The van der Waals surface area contributed by atoms with Gasteiger partial charge in [0.05, 0.1) is 5.56 Å². The normalized spacial score (nSPS) is 9.94. The molecule has 0 aliphatic carbocycles. The number of benzene rings is 2. The Kier molecular flexibility index (Phi) is 3.83. The smallest absolute Gasteiger partial charge is 0.343 e. The van der Waals surface area contributed by atoms with E-state index >= 15 is 0 Å². The van der Waals surface area contributed by atoms with Crippen molar-refractivity contribution in [2.75, 3.05) is 0 Å². The highest BCUT2D eigenvalue weighted by atomic mass is 32.1. The first-order chi connectivity index (χ1) is 8.29. The molecule has 2 aromatic carbocycles. The van der Waals surface area contributed by atoms with E-state index in [1.165, 1.54) is 0 Å². The monoisotopic (exact) mass is 244 g/mol. The number of hydrogen-bond donors (Lipinski definition) is 1. The second-order valence-corrected chi connectivity index (χ2v) is 3.87. The van der Waals surface area contributed by atoms with Gasteiger partial charge in [0.1, 0.15) is 5.75 Å². The molecule has 0 saturated heterocycles. The molecule has 0 spiro atoms. The quantitative estimate of drug-likeness (QED) is 0.509. The maximum atomic E-state index is 11.7. The maximum absolute atomic E-state index is 11.7. The molecular weight excluding hydrogens is 232 g/mol. The Morgan fingerprint density at radius 2 is 1.65 bits per heavy atom. The van der Waals surface area contributed by atoms with Crippen LogP contribution in [0, 0.1) is 0 Å². The molecule has 0 fully saturated rings. The van der Waals surface area contributed by atoms with E-state index in [0.717, 1.165) is 5.56 Å². The molecule has 0 aromatic heterocycles. The lowest BCUT2D eigenvalue weighted by molar-refractivity contribution is 0.0735. The third-order valence-corrected chi connectivity index (χ3v) is 2.69. The molecule has 0 aliphatic heterocycles. The lowest BCUT2D eigenvalue weighted by Gasteiger charge is -2.04. The number of carbonyl (C=O) groups is 1. The van der Waals surface area contributed by atoms with Crippen LogP contribution in [0.25, 0.3) is 0 Å². The summed E-state index contributed by atoms with van der Waals surface area (Å²) in [7, 11) is 0. The van der Waals surface area contributed by atoms with Crippen molar-refractivity contribution in [3.63, 3.8) is 0 Å². The van der Waals surface area contributed by atoms with E-state index in [1.807, 2.05) is 18.2 Å². The molecule has 86 valence electrons. The van der Waals surface area contributed by atoms with Crippen molar-refractivity contribution in [1.82, 2.24) is 0 Å². The van der Waals surface area contributed by atoms with Gasteiger partial charge in [-0.05, 0) is 29.8 Å². The summed E-state index contributed by atoms with van der Waals surface area (Å²) < 4.78 is 5.24. The topological polar surface area (TPSA) is 26.3 Å². The fraction of sp³-hybridized carbons (Fsp3) is 0.0714. The Morgan fingerprint density at radius 3 is 2.24 bits per heavy atom. The minimum atomic E-state index is -0.343. The number of rotatable bonds is 3. The molecule has 0 unspecified atom stereocenters. The van der Waals surface area contributed by atoms with Gasteiger partial charge in [-0.25, -0.2) is 4.79 Å². The Bertz CT molecular complexity index is 491. The molecule has 0 heterocycles. The van der Waals surface area contributed by atoms with Gasteiger partial charge in [-0.1, -0.05) is 30.3 Å². The molecule has 0 atom stereocenters. The largest absolute Gasteiger partial charge is 0.423 e. The zero-order chi connectivity index (χ0) is 12.1. The first-order valence-corrected chi connectivity index (χ1v) is 5.90. The number of carbonyl (C=O) groups excluding carboxylic acids is 1. The van der Waals surface area contributed by atoms with Crippen molar-refractivity contribution in [3.8, 4) is 5.75 Å². The van der Waals surface area contributed by atoms with Crippen LogP contribution in [0.5, 0.6) is 5.75 Å². The second kappa shape index (κ2) is 5.55. The second-order valence-electron chi connectivity index (χ2n) is 3.56. The molecule has 2 rings (SSSR count). The molecule has 0 amide bonds. The molecule has 0 bridgehead atoms. The minimum absolute atomic E-state index is 0.343. The summed E-state index contributed by atoms with van der Waals surface area (Å²) in [4.78, 5) is 11.7. The van der Waals surface area contributed by atoms with Crippen molar-refractivity contribution in [2.24, 2.45) is 0 Å². The van der Waals surface area contributed by atoms with Crippen LogP contribution >= 0.6 is 12.6 Å². The molecule has 0 saturated carbocycles. The molecular formula is C14H12O2S. The van der Waals surface area contributed by atoms with Crippen molar-refractivity contribution in [1.29, 1.82) is 0 Å². The molecule has 3 heteroatoms. The highest BCUT2D eigenvalue weighted by molar-refractivity contribution is 7.79. The fourth-order valence-electron chi connectivity index (χ4n) is 1.40. The Balaban J connectivity index is 2.08. The van der Waals surface area contributed by atoms with Crippen molar-refractivity contribution in [2.45, 2.75) is 5.75 Å². The van der Waals surface area contributed by atoms with Gasteiger partial charge in [-0.3, -0.25) is 0 Å². The summed E-state index contributed by atoms with van der Waals surface area (Å²) in [5.41, 5.74) is 1.64. The highest BCUT2D eigenvalue weighted by Gasteiger charge is 2.06. The van der Waals surface area contributed by atoms with E-state index < -0.39 is 0 Å². The van der Waals surface area contributed by atoms with Gasteiger partial charge in [0.15, 0.2) is 0 Å². The van der Waals surface area contributed by atoms with Gasteiger partial charge in [-0.2, -0.15) is 12.6 Å². The van der Waals surface area contributed by atoms with E-state index in [4.69, 9.17) is 4.74 Å². The standard InChI is InChI=1S/C14H12O2S/c15-14(12-4-2-1-3-5-12)16-13-8-6-11(10-17)7-9-13/h1-9,17H,10H2. The third kappa shape index (κ3) is 3.11. The van der Waals surface area contributed by atoms with Gasteiger partial charge in [0, 0.05) is 5.75 Å². The van der Waals surface area contributed by atoms with Crippen LogP contribution < -0.4 is 4.74 Å². The van der Waals surface area contributed by atoms with E-state index in [0.29, 0.717) is 17.1 Å². The van der Waals surface area contributed by atoms with Crippen molar-refractivity contribution >= 4 is 18.6 Å². The SMILES string of the molecule is O=C(Oc1ccc(CS)cc1)c1ccccc1. The number of hydrogen-bond acceptors (Lipinski definition) is 3.